The zero-order valence-electron chi connectivity index (χ0n) is 17.1. The van der Waals surface area contributed by atoms with Gasteiger partial charge in [0.15, 0.2) is 0 Å². The van der Waals surface area contributed by atoms with Crippen molar-refractivity contribution in [3.05, 3.63) is 70.7 Å². The van der Waals surface area contributed by atoms with Crippen molar-refractivity contribution in [1.82, 2.24) is 19.7 Å². The molecule has 0 spiro atoms. The fourth-order valence-corrected chi connectivity index (χ4v) is 3.87. The van der Waals surface area contributed by atoms with Gasteiger partial charge in [-0.1, -0.05) is 29.3 Å². The van der Waals surface area contributed by atoms with E-state index in [4.69, 9.17) is 27.9 Å². The van der Waals surface area contributed by atoms with Crippen molar-refractivity contribution in [2.75, 3.05) is 18.5 Å². The number of nitrogens with one attached hydrogen (secondary N) is 1. The van der Waals surface area contributed by atoms with E-state index >= 15 is 0 Å². The number of nitrogens with zero attached hydrogens (tertiary/aromatic N) is 4. The molecule has 0 bridgehead atoms. The summed E-state index contributed by atoms with van der Waals surface area (Å²) < 4.78 is 7.41. The van der Waals surface area contributed by atoms with Crippen LogP contribution in [-0.2, 0) is 11.3 Å². The van der Waals surface area contributed by atoms with Gasteiger partial charge < -0.3 is 15.0 Å². The van der Waals surface area contributed by atoms with E-state index in [1.54, 1.807) is 46.2 Å². The zero-order chi connectivity index (χ0) is 22.5. The maximum absolute atomic E-state index is 13.0. The Morgan fingerprint density at radius 3 is 2.81 bits per heavy atom. The molecule has 0 saturated carbocycles. The molecule has 2 heterocycles. The van der Waals surface area contributed by atoms with E-state index < -0.39 is 6.04 Å². The standard InChI is InChI=1S/C22H21Cl2N5O3/c23-18-7-6-15(11-19(18)24)22(31)29-8-2-5-20(29)21(30)27-16-3-1-4-17(12-16)32-10-9-28-14-25-13-26-28/h1,3-4,6-7,11-14,20H,2,5,8-10H2,(H,27,30). The number of amides is 2. The van der Waals surface area contributed by atoms with Crippen molar-refractivity contribution in [2.45, 2.75) is 25.4 Å². The minimum absolute atomic E-state index is 0.240. The molecular weight excluding hydrogens is 453 g/mol. The Bertz CT molecular complexity index is 1110. The number of anilines is 1. The number of benzene rings is 2. The third kappa shape index (κ3) is 5.20. The summed E-state index contributed by atoms with van der Waals surface area (Å²) >= 11 is 12.0. The maximum Gasteiger partial charge on any atom is 0.254 e. The molecule has 2 amide bonds. The van der Waals surface area contributed by atoms with Crippen LogP contribution in [-0.4, -0.2) is 50.7 Å². The summed E-state index contributed by atoms with van der Waals surface area (Å²) in [6, 6.07) is 11.3. The molecule has 2 aromatic carbocycles. The molecule has 0 radical (unpaired) electrons. The first-order valence-corrected chi connectivity index (χ1v) is 10.9. The van der Waals surface area contributed by atoms with Gasteiger partial charge in [-0.25, -0.2) is 9.67 Å². The Hall–Kier alpha value is -3.10. The highest BCUT2D eigenvalue weighted by Gasteiger charge is 2.34. The van der Waals surface area contributed by atoms with E-state index in [9.17, 15) is 9.59 Å². The summed E-state index contributed by atoms with van der Waals surface area (Å²) in [6.07, 6.45) is 4.42. The first-order chi connectivity index (χ1) is 15.5. The smallest absolute Gasteiger partial charge is 0.254 e. The Balaban J connectivity index is 1.38. The van der Waals surface area contributed by atoms with Gasteiger partial charge in [0.2, 0.25) is 5.91 Å². The third-order valence-electron chi connectivity index (χ3n) is 5.14. The van der Waals surface area contributed by atoms with Gasteiger partial charge in [-0.3, -0.25) is 9.59 Å². The summed E-state index contributed by atoms with van der Waals surface area (Å²) in [5.41, 5.74) is 1.00. The molecule has 1 fully saturated rings. The van der Waals surface area contributed by atoms with Gasteiger partial charge in [-0.15, -0.1) is 0 Å². The molecule has 0 aliphatic carbocycles. The molecule has 10 heteroatoms. The number of ether oxygens (including phenoxy) is 1. The predicted molar refractivity (Wildman–Crippen MR) is 121 cm³/mol. The van der Waals surface area contributed by atoms with Gasteiger partial charge in [0.25, 0.3) is 5.91 Å². The monoisotopic (exact) mass is 473 g/mol. The maximum atomic E-state index is 13.0. The number of rotatable bonds is 7. The minimum Gasteiger partial charge on any atom is -0.492 e. The molecular formula is C22H21Cl2N5O3. The first-order valence-electron chi connectivity index (χ1n) is 10.1. The Morgan fingerprint density at radius 1 is 1.16 bits per heavy atom. The molecule has 1 saturated heterocycles. The molecule has 1 aliphatic rings. The lowest BCUT2D eigenvalue weighted by atomic mass is 10.1. The number of aromatic nitrogens is 3. The summed E-state index contributed by atoms with van der Waals surface area (Å²) in [7, 11) is 0. The summed E-state index contributed by atoms with van der Waals surface area (Å²) in [4.78, 5) is 31.4. The summed E-state index contributed by atoms with van der Waals surface area (Å²) in [5.74, 6) is 0.139. The van der Waals surface area contributed by atoms with Crippen molar-refractivity contribution < 1.29 is 14.3 Å². The summed E-state index contributed by atoms with van der Waals surface area (Å²) in [5, 5.41) is 7.60. The molecule has 8 nitrogen and oxygen atoms in total. The molecule has 1 aromatic heterocycles. The number of halogens is 2. The second-order valence-electron chi connectivity index (χ2n) is 7.31. The number of hydrogen-bond donors (Lipinski definition) is 1. The minimum atomic E-state index is -0.561. The predicted octanol–water partition coefficient (Wildman–Crippen LogP) is 3.91. The van der Waals surface area contributed by atoms with Crippen LogP contribution in [0.3, 0.4) is 0 Å². The SMILES string of the molecule is O=C(Nc1cccc(OCCn2cncn2)c1)C1CCCN1C(=O)c1ccc(Cl)c(Cl)c1. The van der Waals surface area contributed by atoms with Gasteiger partial charge in [-0.05, 0) is 43.2 Å². The normalized spacial score (nSPS) is 15.6. The van der Waals surface area contributed by atoms with Crippen LogP contribution in [0.4, 0.5) is 5.69 Å². The number of hydrogen-bond acceptors (Lipinski definition) is 5. The molecule has 1 unspecified atom stereocenters. The Kier molecular flexibility index (Phi) is 6.92. The molecule has 32 heavy (non-hydrogen) atoms. The average Bonchev–Trinajstić information content (AvgIpc) is 3.48. The average molecular weight is 474 g/mol. The molecule has 1 aliphatic heterocycles. The van der Waals surface area contributed by atoms with Crippen LogP contribution in [0.25, 0.3) is 0 Å². The van der Waals surface area contributed by atoms with Crippen LogP contribution >= 0.6 is 23.2 Å². The summed E-state index contributed by atoms with van der Waals surface area (Å²) in [6.45, 7) is 1.47. The van der Waals surface area contributed by atoms with Crippen LogP contribution in [0.5, 0.6) is 5.75 Å². The van der Waals surface area contributed by atoms with Gasteiger partial charge in [-0.2, -0.15) is 5.10 Å². The van der Waals surface area contributed by atoms with Gasteiger partial charge in [0.05, 0.1) is 16.6 Å². The Morgan fingerprint density at radius 2 is 2.03 bits per heavy atom. The van der Waals surface area contributed by atoms with Crippen molar-refractivity contribution >= 4 is 40.7 Å². The largest absolute Gasteiger partial charge is 0.492 e. The van der Waals surface area contributed by atoms with Gasteiger partial charge >= 0.3 is 0 Å². The lowest BCUT2D eigenvalue weighted by molar-refractivity contribution is -0.119. The van der Waals surface area contributed by atoms with Crippen molar-refractivity contribution in [1.29, 1.82) is 0 Å². The van der Waals surface area contributed by atoms with Gasteiger partial charge in [0, 0.05) is 23.9 Å². The highest BCUT2D eigenvalue weighted by atomic mass is 35.5. The second-order valence-corrected chi connectivity index (χ2v) is 8.12. The van der Waals surface area contributed by atoms with Crippen molar-refractivity contribution in [3.8, 4) is 5.75 Å². The van der Waals surface area contributed by atoms with E-state index in [0.717, 1.165) is 6.42 Å². The van der Waals surface area contributed by atoms with Crippen LogP contribution < -0.4 is 10.1 Å². The van der Waals surface area contributed by atoms with E-state index in [-0.39, 0.29) is 11.8 Å². The fourth-order valence-electron chi connectivity index (χ4n) is 3.57. The Labute approximate surface area is 195 Å². The van der Waals surface area contributed by atoms with Crippen LogP contribution in [0.15, 0.2) is 55.1 Å². The van der Waals surface area contributed by atoms with Gasteiger partial charge in [0.1, 0.15) is 31.1 Å². The molecule has 1 atom stereocenters. The van der Waals surface area contributed by atoms with Crippen LogP contribution in [0.2, 0.25) is 10.0 Å². The lowest BCUT2D eigenvalue weighted by Gasteiger charge is -2.24. The highest BCUT2D eigenvalue weighted by Crippen LogP contribution is 2.27. The molecule has 4 rings (SSSR count). The van der Waals surface area contributed by atoms with Crippen LogP contribution in [0, 0.1) is 0 Å². The molecule has 166 valence electrons. The van der Waals surface area contributed by atoms with Crippen LogP contribution in [0.1, 0.15) is 23.2 Å². The quantitative estimate of drug-likeness (QED) is 0.561. The van der Waals surface area contributed by atoms with Crippen molar-refractivity contribution in [3.63, 3.8) is 0 Å². The van der Waals surface area contributed by atoms with E-state index in [0.29, 0.717) is 53.2 Å². The number of likely N-dealkylation sites (tertiary alicyclic amines) is 1. The second kappa shape index (κ2) is 10.0. The molecule has 1 N–H and O–H groups in total. The first kappa shape index (κ1) is 22.1. The zero-order valence-corrected chi connectivity index (χ0v) is 18.6. The molecule has 3 aromatic rings. The topological polar surface area (TPSA) is 89.3 Å². The number of carbonyl (C=O) groups excluding carboxylic acids is 2. The fraction of sp³-hybridized carbons (Fsp3) is 0.273. The van der Waals surface area contributed by atoms with E-state index in [2.05, 4.69) is 15.4 Å². The van der Waals surface area contributed by atoms with Crippen molar-refractivity contribution in [2.24, 2.45) is 0 Å². The number of carbonyl (C=O) groups is 2. The van der Waals surface area contributed by atoms with E-state index in [1.807, 2.05) is 6.07 Å². The lowest BCUT2D eigenvalue weighted by Crippen LogP contribution is -2.43. The third-order valence-corrected chi connectivity index (χ3v) is 5.88. The van der Waals surface area contributed by atoms with E-state index in [1.165, 1.54) is 12.4 Å². The highest BCUT2D eigenvalue weighted by molar-refractivity contribution is 6.42.